The zero-order chi connectivity index (χ0) is 12.0. The van der Waals surface area contributed by atoms with Crippen LogP contribution in [0.1, 0.15) is 30.0 Å². The van der Waals surface area contributed by atoms with E-state index in [1.165, 1.54) is 5.56 Å². The molecule has 16 heavy (non-hydrogen) atoms. The minimum atomic E-state index is 0.160. The van der Waals surface area contributed by atoms with Gasteiger partial charge in [-0.05, 0) is 43.0 Å². The number of hydrazine groups is 1. The summed E-state index contributed by atoms with van der Waals surface area (Å²) in [6, 6.07) is 6.03. The number of hydrogen-bond acceptors (Lipinski definition) is 3. The Hall–Kier alpha value is -0.610. The maximum Gasteiger partial charge on any atom is 0.0463 e. The third-order valence-corrected chi connectivity index (χ3v) is 2.88. The monoisotopic (exact) mass is 242 g/mol. The quantitative estimate of drug-likeness (QED) is 0.458. The van der Waals surface area contributed by atoms with Crippen LogP contribution in [-0.4, -0.2) is 13.7 Å². The predicted octanol–water partition coefficient (Wildman–Crippen LogP) is 2.58. The molecule has 0 fully saturated rings. The Morgan fingerprint density at radius 2 is 2.25 bits per heavy atom. The minimum Gasteiger partial charge on any atom is -0.385 e. The Balaban J connectivity index is 2.70. The number of nitrogens with one attached hydrogen (secondary N) is 1. The van der Waals surface area contributed by atoms with Crippen LogP contribution in [0.3, 0.4) is 0 Å². The van der Waals surface area contributed by atoms with E-state index < -0.39 is 0 Å². The fourth-order valence-corrected chi connectivity index (χ4v) is 2.02. The van der Waals surface area contributed by atoms with E-state index in [2.05, 4.69) is 5.43 Å². The van der Waals surface area contributed by atoms with Crippen molar-refractivity contribution in [1.29, 1.82) is 0 Å². The molecule has 1 rings (SSSR count). The highest BCUT2D eigenvalue weighted by molar-refractivity contribution is 6.30. The first-order chi connectivity index (χ1) is 7.69. The normalized spacial score (nSPS) is 12.8. The summed E-state index contributed by atoms with van der Waals surface area (Å²) in [5.41, 5.74) is 5.20. The van der Waals surface area contributed by atoms with Crippen LogP contribution in [0.5, 0.6) is 0 Å². The molecule has 1 unspecified atom stereocenters. The zero-order valence-corrected chi connectivity index (χ0v) is 10.6. The number of ether oxygens (including phenoxy) is 1. The summed E-state index contributed by atoms with van der Waals surface area (Å²) in [6.07, 6.45) is 1.93. The molecule has 0 spiro atoms. The number of aryl methyl sites for hydroxylation is 1. The lowest BCUT2D eigenvalue weighted by molar-refractivity contribution is 0.188. The van der Waals surface area contributed by atoms with Crippen molar-refractivity contribution in [3.8, 4) is 0 Å². The molecule has 0 aromatic heterocycles. The topological polar surface area (TPSA) is 47.3 Å². The molecule has 0 heterocycles. The van der Waals surface area contributed by atoms with E-state index >= 15 is 0 Å². The van der Waals surface area contributed by atoms with Gasteiger partial charge in [0.25, 0.3) is 0 Å². The van der Waals surface area contributed by atoms with E-state index in [9.17, 15) is 0 Å². The highest BCUT2D eigenvalue weighted by atomic mass is 35.5. The van der Waals surface area contributed by atoms with E-state index in [0.717, 1.165) is 30.0 Å². The van der Waals surface area contributed by atoms with Gasteiger partial charge in [-0.3, -0.25) is 11.3 Å². The first-order valence-electron chi connectivity index (χ1n) is 5.40. The van der Waals surface area contributed by atoms with Crippen molar-refractivity contribution in [2.45, 2.75) is 25.8 Å². The van der Waals surface area contributed by atoms with Crippen molar-refractivity contribution in [3.63, 3.8) is 0 Å². The Kier molecular flexibility index (Phi) is 5.77. The number of hydrogen-bond donors (Lipinski definition) is 2. The molecule has 0 aliphatic carbocycles. The number of methoxy groups -OCH3 is 1. The summed E-state index contributed by atoms with van der Waals surface area (Å²) < 4.78 is 5.03. The van der Waals surface area contributed by atoms with E-state index in [4.69, 9.17) is 22.2 Å². The Morgan fingerprint density at radius 1 is 1.50 bits per heavy atom. The highest BCUT2D eigenvalue weighted by Gasteiger charge is 2.11. The minimum absolute atomic E-state index is 0.160. The average molecular weight is 243 g/mol. The summed E-state index contributed by atoms with van der Waals surface area (Å²) in [6.45, 7) is 2.80. The fraction of sp³-hybridized carbons (Fsp3) is 0.500. The molecule has 3 N–H and O–H groups in total. The zero-order valence-electron chi connectivity index (χ0n) is 9.79. The van der Waals surface area contributed by atoms with Gasteiger partial charge in [-0.1, -0.05) is 17.7 Å². The van der Waals surface area contributed by atoms with Crippen LogP contribution >= 0.6 is 11.6 Å². The van der Waals surface area contributed by atoms with Crippen LogP contribution in [0.4, 0.5) is 0 Å². The lowest BCUT2D eigenvalue weighted by Crippen LogP contribution is -2.28. The average Bonchev–Trinajstić information content (AvgIpc) is 2.26. The first-order valence-corrected chi connectivity index (χ1v) is 5.78. The SMILES string of the molecule is COCCCC(NN)c1ccc(Cl)cc1C. The number of rotatable bonds is 6. The van der Waals surface area contributed by atoms with Gasteiger partial charge < -0.3 is 4.74 Å². The highest BCUT2D eigenvalue weighted by Crippen LogP contribution is 2.24. The first kappa shape index (κ1) is 13.5. The van der Waals surface area contributed by atoms with Crippen molar-refractivity contribution in [3.05, 3.63) is 34.3 Å². The van der Waals surface area contributed by atoms with Crippen LogP contribution in [-0.2, 0) is 4.74 Å². The van der Waals surface area contributed by atoms with E-state index in [1.54, 1.807) is 7.11 Å². The van der Waals surface area contributed by atoms with Crippen LogP contribution in [0.15, 0.2) is 18.2 Å². The molecular formula is C12H19ClN2O. The molecule has 1 atom stereocenters. The Labute approximate surface area is 102 Å². The van der Waals surface area contributed by atoms with E-state index in [0.29, 0.717) is 0 Å². The van der Waals surface area contributed by atoms with Crippen LogP contribution in [0.25, 0.3) is 0 Å². The third kappa shape index (κ3) is 3.76. The molecule has 1 aromatic rings. The third-order valence-electron chi connectivity index (χ3n) is 2.65. The van der Waals surface area contributed by atoms with Gasteiger partial charge >= 0.3 is 0 Å². The molecular weight excluding hydrogens is 224 g/mol. The van der Waals surface area contributed by atoms with Gasteiger partial charge in [0, 0.05) is 24.8 Å². The summed E-state index contributed by atoms with van der Waals surface area (Å²) in [5, 5.41) is 0.758. The Morgan fingerprint density at radius 3 is 2.81 bits per heavy atom. The van der Waals surface area contributed by atoms with Gasteiger partial charge in [-0.25, -0.2) is 0 Å². The van der Waals surface area contributed by atoms with Crippen LogP contribution in [0.2, 0.25) is 5.02 Å². The van der Waals surface area contributed by atoms with Gasteiger partial charge in [0.15, 0.2) is 0 Å². The number of halogens is 1. The predicted molar refractivity (Wildman–Crippen MR) is 67.4 cm³/mol. The maximum absolute atomic E-state index is 5.92. The molecule has 3 nitrogen and oxygen atoms in total. The van der Waals surface area contributed by atoms with Gasteiger partial charge in [-0.2, -0.15) is 0 Å². The smallest absolute Gasteiger partial charge is 0.0463 e. The molecule has 1 aromatic carbocycles. The van der Waals surface area contributed by atoms with Crippen molar-refractivity contribution in [1.82, 2.24) is 5.43 Å². The molecule has 90 valence electrons. The second-order valence-electron chi connectivity index (χ2n) is 3.86. The lowest BCUT2D eigenvalue weighted by atomic mass is 9.98. The van der Waals surface area contributed by atoms with Crippen molar-refractivity contribution in [2.24, 2.45) is 5.84 Å². The van der Waals surface area contributed by atoms with Crippen molar-refractivity contribution >= 4 is 11.6 Å². The molecule has 0 radical (unpaired) electrons. The molecule has 0 amide bonds. The molecule has 0 saturated heterocycles. The summed E-state index contributed by atoms with van der Waals surface area (Å²) >= 11 is 5.92. The summed E-state index contributed by atoms with van der Waals surface area (Å²) in [5.74, 6) is 5.57. The molecule has 0 aliphatic rings. The van der Waals surface area contributed by atoms with Gasteiger partial charge in [0.2, 0.25) is 0 Å². The van der Waals surface area contributed by atoms with Crippen LogP contribution in [0, 0.1) is 6.92 Å². The van der Waals surface area contributed by atoms with Crippen LogP contribution < -0.4 is 11.3 Å². The summed E-state index contributed by atoms with van der Waals surface area (Å²) in [7, 11) is 1.71. The number of nitrogens with two attached hydrogens (primary N) is 1. The fourth-order valence-electron chi connectivity index (χ4n) is 1.79. The number of benzene rings is 1. The molecule has 0 aliphatic heterocycles. The summed E-state index contributed by atoms with van der Waals surface area (Å²) in [4.78, 5) is 0. The van der Waals surface area contributed by atoms with Gasteiger partial charge in [-0.15, -0.1) is 0 Å². The molecule has 4 heteroatoms. The maximum atomic E-state index is 5.92. The lowest BCUT2D eigenvalue weighted by Gasteiger charge is -2.18. The Bertz CT molecular complexity index is 331. The second-order valence-corrected chi connectivity index (χ2v) is 4.29. The molecule has 0 saturated carbocycles. The van der Waals surface area contributed by atoms with Crippen molar-refractivity contribution < 1.29 is 4.74 Å². The van der Waals surface area contributed by atoms with E-state index in [1.807, 2.05) is 25.1 Å². The standard InChI is InChI=1S/C12H19ClN2O/c1-9-8-10(13)5-6-11(9)12(15-14)4-3-7-16-2/h5-6,8,12,15H,3-4,7,14H2,1-2H3. The largest absolute Gasteiger partial charge is 0.385 e. The van der Waals surface area contributed by atoms with Gasteiger partial charge in [0.1, 0.15) is 0 Å². The second kappa shape index (κ2) is 6.86. The van der Waals surface area contributed by atoms with Gasteiger partial charge in [0.05, 0.1) is 0 Å². The molecule has 0 bridgehead atoms. The van der Waals surface area contributed by atoms with E-state index in [-0.39, 0.29) is 6.04 Å². The van der Waals surface area contributed by atoms with Crippen molar-refractivity contribution in [2.75, 3.05) is 13.7 Å².